The van der Waals surface area contributed by atoms with Gasteiger partial charge in [0.25, 0.3) is 0 Å². The summed E-state index contributed by atoms with van der Waals surface area (Å²) in [6.07, 6.45) is 11.0. The van der Waals surface area contributed by atoms with Crippen LogP contribution in [0.5, 0.6) is 0 Å². The van der Waals surface area contributed by atoms with E-state index in [2.05, 4.69) is 13.5 Å². The Hall–Kier alpha value is -0.300. The Morgan fingerprint density at radius 3 is 2.46 bits per heavy atom. The summed E-state index contributed by atoms with van der Waals surface area (Å²) in [7, 11) is 0. The highest BCUT2D eigenvalue weighted by Gasteiger charge is 2.04. The first-order chi connectivity index (χ1) is 6.35. The number of rotatable bonds is 9. The fourth-order valence-corrected chi connectivity index (χ4v) is 1.59. The van der Waals surface area contributed by atoms with Crippen molar-refractivity contribution in [2.75, 3.05) is 6.54 Å². The number of hydrogen-bond acceptors (Lipinski definition) is 1. The van der Waals surface area contributed by atoms with Crippen LogP contribution in [0.25, 0.3) is 0 Å². The fraction of sp³-hybridized carbons (Fsp3) is 0.833. The smallest absolute Gasteiger partial charge is 0.00489 e. The predicted octanol–water partition coefficient (Wildman–Crippen LogP) is 3.50. The maximum Gasteiger partial charge on any atom is -0.00489 e. The van der Waals surface area contributed by atoms with Crippen molar-refractivity contribution in [1.82, 2.24) is 0 Å². The number of allylic oxidation sites excluding steroid dienone is 1. The Bertz CT molecular complexity index is 110. The minimum atomic E-state index is 0.768. The topological polar surface area (TPSA) is 26.0 Å². The number of unbranched alkanes of at least 4 members (excludes halogenated alkanes) is 3. The molecular formula is C12H25N. The van der Waals surface area contributed by atoms with E-state index < -0.39 is 0 Å². The summed E-state index contributed by atoms with van der Waals surface area (Å²) >= 11 is 0. The molecule has 13 heavy (non-hydrogen) atoms. The van der Waals surface area contributed by atoms with E-state index in [4.69, 9.17) is 5.73 Å². The summed E-state index contributed by atoms with van der Waals surface area (Å²) in [6.45, 7) is 6.83. The molecule has 0 aromatic carbocycles. The lowest BCUT2D eigenvalue weighted by atomic mass is 9.96. The maximum absolute atomic E-state index is 5.71. The molecule has 0 aromatic heterocycles. The van der Waals surface area contributed by atoms with Gasteiger partial charge in [-0.2, -0.15) is 0 Å². The fourth-order valence-electron chi connectivity index (χ4n) is 1.59. The molecule has 1 atom stereocenters. The Morgan fingerprint density at radius 1 is 1.23 bits per heavy atom. The Labute approximate surface area is 83.4 Å². The van der Waals surface area contributed by atoms with Crippen LogP contribution in [0.3, 0.4) is 0 Å². The lowest BCUT2D eigenvalue weighted by Gasteiger charge is -2.13. The molecule has 0 bridgehead atoms. The van der Waals surface area contributed by atoms with Gasteiger partial charge in [-0.1, -0.05) is 32.3 Å². The van der Waals surface area contributed by atoms with Gasteiger partial charge in [-0.05, 0) is 38.1 Å². The molecule has 0 heterocycles. The first-order valence-electron chi connectivity index (χ1n) is 5.66. The van der Waals surface area contributed by atoms with Crippen LogP contribution < -0.4 is 5.73 Å². The van der Waals surface area contributed by atoms with Gasteiger partial charge < -0.3 is 5.73 Å². The predicted molar refractivity (Wildman–Crippen MR) is 60.7 cm³/mol. The van der Waals surface area contributed by atoms with Gasteiger partial charge >= 0.3 is 0 Å². The van der Waals surface area contributed by atoms with Crippen molar-refractivity contribution in [1.29, 1.82) is 0 Å². The van der Waals surface area contributed by atoms with Crippen LogP contribution in [-0.2, 0) is 0 Å². The molecule has 0 aliphatic carbocycles. The molecule has 1 heteroatoms. The summed E-state index contributed by atoms with van der Waals surface area (Å²) in [4.78, 5) is 0. The zero-order valence-corrected chi connectivity index (χ0v) is 9.10. The van der Waals surface area contributed by atoms with Crippen LogP contribution >= 0.6 is 0 Å². The quantitative estimate of drug-likeness (QED) is 0.430. The largest absolute Gasteiger partial charge is 0.330 e. The van der Waals surface area contributed by atoms with E-state index >= 15 is 0 Å². The molecular weight excluding hydrogens is 158 g/mol. The van der Waals surface area contributed by atoms with Crippen molar-refractivity contribution in [3.8, 4) is 0 Å². The highest BCUT2D eigenvalue weighted by atomic mass is 14.5. The van der Waals surface area contributed by atoms with Crippen molar-refractivity contribution in [2.24, 2.45) is 11.7 Å². The summed E-state index contributed by atoms with van der Waals surface area (Å²) in [6, 6.07) is 0. The molecule has 0 amide bonds. The number of nitrogens with two attached hydrogens (primary N) is 1. The van der Waals surface area contributed by atoms with E-state index in [1.54, 1.807) is 0 Å². The minimum Gasteiger partial charge on any atom is -0.330 e. The van der Waals surface area contributed by atoms with Crippen LogP contribution in [0.4, 0.5) is 0 Å². The highest BCUT2D eigenvalue weighted by Crippen LogP contribution is 2.15. The van der Waals surface area contributed by atoms with E-state index in [9.17, 15) is 0 Å². The van der Waals surface area contributed by atoms with Crippen LogP contribution in [0, 0.1) is 5.92 Å². The third-order valence-electron chi connectivity index (χ3n) is 2.57. The van der Waals surface area contributed by atoms with Crippen LogP contribution in [0.15, 0.2) is 12.7 Å². The molecule has 0 saturated carbocycles. The van der Waals surface area contributed by atoms with Crippen molar-refractivity contribution >= 4 is 0 Å². The highest BCUT2D eigenvalue weighted by molar-refractivity contribution is 4.67. The van der Waals surface area contributed by atoms with Gasteiger partial charge in [0.2, 0.25) is 0 Å². The van der Waals surface area contributed by atoms with Gasteiger partial charge in [-0.15, -0.1) is 6.58 Å². The summed E-state index contributed by atoms with van der Waals surface area (Å²) in [5, 5.41) is 0. The average Bonchev–Trinajstić information content (AvgIpc) is 2.17. The molecule has 0 radical (unpaired) electrons. The molecule has 0 fully saturated rings. The molecule has 0 rings (SSSR count). The van der Waals surface area contributed by atoms with E-state index in [-0.39, 0.29) is 0 Å². The molecule has 1 unspecified atom stereocenters. The van der Waals surface area contributed by atoms with Gasteiger partial charge in [0.1, 0.15) is 0 Å². The van der Waals surface area contributed by atoms with E-state index in [1.807, 2.05) is 6.08 Å². The molecule has 0 spiro atoms. The van der Waals surface area contributed by atoms with E-state index in [0.717, 1.165) is 18.9 Å². The molecule has 1 nitrogen and oxygen atoms in total. The zero-order chi connectivity index (χ0) is 9.94. The van der Waals surface area contributed by atoms with Gasteiger partial charge in [0, 0.05) is 0 Å². The third kappa shape index (κ3) is 8.04. The Balaban J connectivity index is 3.30. The second-order valence-corrected chi connectivity index (χ2v) is 3.82. The minimum absolute atomic E-state index is 0.768. The standard InChI is InChI=1S/C12H25N/c1-3-5-7-8-10-12(11-13)9-6-4-2/h3,12H,1,4-11,13H2,2H3. The van der Waals surface area contributed by atoms with E-state index in [0.29, 0.717) is 0 Å². The zero-order valence-electron chi connectivity index (χ0n) is 9.10. The number of hydrogen-bond donors (Lipinski definition) is 1. The maximum atomic E-state index is 5.71. The van der Waals surface area contributed by atoms with Crippen LogP contribution in [0.2, 0.25) is 0 Å². The second-order valence-electron chi connectivity index (χ2n) is 3.82. The van der Waals surface area contributed by atoms with Crippen LogP contribution in [0.1, 0.15) is 51.9 Å². The molecule has 78 valence electrons. The molecule has 2 N–H and O–H groups in total. The Morgan fingerprint density at radius 2 is 1.92 bits per heavy atom. The Kier molecular flexibility index (Phi) is 9.56. The summed E-state index contributed by atoms with van der Waals surface area (Å²) in [5.41, 5.74) is 5.71. The van der Waals surface area contributed by atoms with Crippen molar-refractivity contribution < 1.29 is 0 Å². The van der Waals surface area contributed by atoms with Crippen molar-refractivity contribution in [2.45, 2.75) is 51.9 Å². The molecule has 0 aromatic rings. The average molecular weight is 183 g/mol. The lowest BCUT2D eigenvalue weighted by molar-refractivity contribution is 0.425. The third-order valence-corrected chi connectivity index (χ3v) is 2.57. The SMILES string of the molecule is C=CCCCCC(CN)CCCC. The molecule has 0 aliphatic rings. The lowest BCUT2D eigenvalue weighted by Crippen LogP contribution is -2.14. The first kappa shape index (κ1) is 12.7. The van der Waals surface area contributed by atoms with Gasteiger partial charge in [-0.3, -0.25) is 0 Å². The second kappa shape index (κ2) is 9.79. The van der Waals surface area contributed by atoms with Gasteiger partial charge in [0.05, 0.1) is 0 Å². The molecule has 0 saturated heterocycles. The first-order valence-corrected chi connectivity index (χ1v) is 5.66. The van der Waals surface area contributed by atoms with Gasteiger partial charge in [-0.25, -0.2) is 0 Å². The summed E-state index contributed by atoms with van der Waals surface area (Å²) < 4.78 is 0. The normalized spacial score (nSPS) is 12.8. The van der Waals surface area contributed by atoms with E-state index in [1.165, 1.54) is 38.5 Å². The monoisotopic (exact) mass is 183 g/mol. The van der Waals surface area contributed by atoms with Crippen LogP contribution in [-0.4, -0.2) is 6.54 Å². The van der Waals surface area contributed by atoms with Gasteiger partial charge in [0.15, 0.2) is 0 Å². The molecule has 0 aliphatic heterocycles. The van der Waals surface area contributed by atoms with Crippen molar-refractivity contribution in [3.63, 3.8) is 0 Å². The van der Waals surface area contributed by atoms with Crippen molar-refractivity contribution in [3.05, 3.63) is 12.7 Å². The summed E-state index contributed by atoms with van der Waals surface area (Å²) in [5.74, 6) is 0.768.